The standard InChI is InChI=1S/C11H19N3/c1-10(2)5-3-4-6-11(10,12)9-13-7-8-14-9/h7-8H,3-6,12H2,1-2H3,(H,13,14)/t11-/m0/s1. The maximum Gasteiger partial charge on any atom is 0.126 e. The van der Waals surface area contributed by atoms with Crippen molar-refractivity contribution in [1.82, 2.24) is 9.97 Å². The molecule has 1 aliphatic rings. The summed E-state index contributed by atoms with van der Waals surface area (Å²) in [7, 11) is 0. The first kappa shape index (κ1) is 9.71. The molecule has 1 atom stereocenters. The van der Waals surface area contributed by atoms with Crippen molar-refractivity contribution in [2.24, 2.45) is 11.1 Å². The van der Waals surface area contributed by atoms with E-state index in [-0.39, 0.29) is 11.0 Å². The van der Waals surface area contributed by atoms with E-state index in [1.54, 1.807) is 6.20 Å². The molecule has 0 aliphatic heterocycles. The van der Waals surface area contributed by atoms with Gasteiger partial charge in [0, 0.05) is 12.4 Å². The summed E-state index contributed by atoms with van der Waals surface area (Å²) in [5.74, 6) is 0.946. The fraction of sp³-hybridized carbons (Fsp3) is 0.727. The average molecular weight is 193 g/mol. The lowest BCUT2D eigenvalue weighted by Gasteiger charge is -2.46. The maximum absolute atomic E-state index is 6.51. The molecule has 0 amide bonds. The van der Waals surface area contributed by atoms with Crippen LogP contribution in [-0.4, -0.2) is 9.97 Å². The highest BCUT2D eigenvalue weighted by Gasteiger charge is 2.46. The van der Waals surface area contributed by atoms with Gasteiger partial charge in [-0.25, -0.2) is 4.98 Å². The molecule has 1 fully saturated rings. The molecule has 0 bridgehead atoms. The van der Waals surface area contributed by atoms with E-state index in [1.165, 1.54) is 19.3 Å². The first-order valence-electron chi connectivity index (χ1n) is 5.35. The molecular formula is C11H19N3. The van der Waals surface area contributed by atoms with Gasteiger partial charge in [-0.05, 0) is 18.3 Å². The number of hydrogen-bond donors (Lipinski definition) is 2. The fourth-order valence-electron chi connectivity index (χ4n) is 2.48. The van der Waals surface area contributed by atoms with E-state index in [0.29, 0.717) is 0 Å². The summed E-state index contributed by atoms with van der Waals surface area (Å²) >= 11 is 0. The first-order chi connectivity index (χ1) is 6.56. The Hall–Kier alpha value is -0.830. The Labute approximate surface area is 85.1 Å². The molecular weight excluding hydrogens is 174 g/mol. The summed E-state index contributed by atoms with van der Waals surface area (Å²) in [5, 5.41) is 0. The number of rotatable bonds is 1. The zero-order chi connectivity index (χ0) is 10.2. The van der Waals surface area contributed by atoms with E-state index < -0.39 is 0 Å². The maximum atomic E-state index is 6.51. The molecule has 1 aromatic heterocycles. The highest BCUT2D eigenvalue weighted by atomic mass is 15.0. The summed E-state index contributed by atoms with van der Waals surface area (Å²) in [4.78, 5) is 7.49. The average Bonchev–Trinajstić information content (AvgIpc) is 2.63. The molecule has 1 saturated carbocycles. The Bertz CT molecular complexity index is 302. The second kappa shape index (κ2) is 3.09. The van der Waals surface area contributed by atoms with Gasteiger partial charge in [0.1, 0.15) is 5.82 Å². The van der Waals surface area contributed by atoms with Gasteiger partial charge in [0.15, 0.2) is 0 Å². The molecule has 14 heavy (non-hydrogen) atoms. The third-order valence-electron chi connectivity index (χ3n) is 3.75. The van der Waals surface area contributed by atoms with Crippen LogP contribution in [0.25, 0.3) is 0 Å². The topological polar surface area (TPSA) is 54.7 Å². The van der Waals surface area contributed by atoms with Crippen LogP contribution < -0.4 is 5.73 Å². The normalized spacial score (nSPS) is 31.6. The lowest BCUT2D eigenvalue weighted by molar-refractivity contribution is 0.0905. The Morgan fingerprint density at radius 2 is 2.07 bits per heavy atom. The van der Waals surface area contributed by atoms with Crippen LogP contribution in [-0.2, 0) is 5.54 Å². The van der Waals surface area contributed by atoms with E-state index in [0.717, 1.165) is 12.2 Å². The molecule has 0 spiro atoms. The predicted molar refractivity (Wildman–Crippen MR) is 56.7 cm³/mol. The highest BCUT2D eigenvalue weighted by Crippen LogP contribution is 2.47. The van der Waals surface area contributed by atoms with Gasteiger partial charge in [-0.15, -0.1) is 0 Å². The molecule has 0 unspecified atom stereocenters. The van der Waals surface area contributed by atoms with E-state index >= 15 is 0 Å². The lowest BCUT2D eigenvalue weighted by atomic mass is 9.63. The third-order valence-corrected chi connectivity index (χ3v) is 3.75. The van der Waals surface area contributed by atoms with Crippen molar-refractivity contribution in [3.8, 4) is 0 Å². The van der Waals surface area contributed by atoms with Crippen LogP contribution in [0.15, 0.2) is 12.4 Å². The van der Waals surface area contributed by atoms with Crippen LogP contribution >= 0.6 is 0 Å². The number of H-pyrrole nitrogens is 1. The van der Waals surface area contributed by atoms with Crippen molar-refractivity contribution in [1.29, 1.82) is 0 Å². The smallest absolute Gasteiger partial charge is 0.126 e. The first-order valence-corrected chi connectivity index (χ1v) is 5.35. The number of nitrogens with zero attached hydrogens (tertiary/aromatic N) is 1. The SMILES string of the molecule is CC1(C)CCCC[C@]1(N)c1ncc[nH]1. The summed E-state index contributed by atoms with van der Waals surface area (Å²) in [6.45, 7) is 4.49. The van der Waals surface area contributed by atoms with Crippen molar-refractivity contribution in [2.45, 2.75) is 45.1 Å². The van der Waals surface area contributed by atoms with Crippen LogP contribution in [0.5, 0.6) is 0 Å². The van der Waals surface area contributed by atoms with E-state index in [9.17, 15) is 0 Å². The molecule has 0 radical (unpaired) electrons. The van der Waals surface area contributed by atoms with E-state index in [1.807, 2.05) is 6.20 Å². The van der Waals surface area contributed by atoms with Crippen molar-refractivity contribution in [2.75, 3.05) is 0 Å². The van der Waals surface area contributed by atoms with Crippen molar-refractivity contribution < 1.29 is 0 Å². The zero-order valence-corrected chi connectivity index (χ0v) is 9.01. The van der Waals surface area contributed by atoms with Gasteiger partial charge in [-0.2, -0.15) is 0 Å². The number of aromatic amines is 1. The van der Waals surface area contributed by atoms with Gasteiger partial charge in [-0.1, -0.05) is 26.7 Å². The zero-order valence-electron chi connectivity index (χ0n) is 9.01. The second-order valence-electron chi connectivity index (χ2n) is 5.00. The monoisotopic (exact) mass is 193 g/mol. The minimum atomic E-state index is -0.269. The summed E-state index contributed by atoms with van der Waals surface area (Å²) < 4.78 is 0. The number of aromatic nitrogens is 2. The molecule has 3 N–H and O–H groups in total. The number of imidazole rings is 1. The van der Waals surface area contributed by atoms with Gasteiger partial charge < -0.3 is 10.7 Å². The predicted octanol–water partition coefficient (Wildman–Crippen LogP) is 2.16. The van der Waals surface area contributed by atoms with Crippen LogP contribution in [0.3, 0.4) is 0 Å². The molecule has 2 rings (SSSR count). The van der Waals surface area contributed by atoms with Crippen LogP contribution in [0, 0.1) is 5.41 Å². The molecule has 1 aromatic rings. The minimum Gasteiger partial charge on any atom is -0.347 e. The van der Waals surface area contributed by atoms with Gasteiger partial charge in [0.25, 0.3) is 0 Å². The Morgan fingerprint density at radius 1 is 1.36 bits per heavy atom. The Balaban J connectivity index is 2.37. The van der Waals surface area contributed by atoms with Gasteiger partial charge in [0.2, 0.25) is 0 Å². The van der Waals surface area contributed by atoms with E-state index in [2.05, 4.69) is 23.8 Å². The van der Waals surface area contributed by atoms with Crippen LogP contribution in [0.2, 0.25) is 0 Å². The minimum absolute atomic E-state index is 0.142. The van der Waals surface area contributed by atoms with E-state index in [4.69, 9.17) is 5.73 Å². The van der Waals surface area contributed by atoms with Crippen molar-refractivity contribution >= 4 is 0 Å². The van der Waals surface area contributed by atoms with Gasteiger partial charge in [-0.3, -0.25) is 0 Å². The highest BCUT2D eigenvalue weighted by molar-refractivity contribution is 5.13. The fourth-order valence-corrected chi connectivity index (χ4v) is 2.48. The number of hydrogen-bond acceptors (Lipinski definition) is 2. The third kappa shape index (κ3) is 1.27. The summed E-state index contributed by atoms with van der Waals surface area (Å²) in [6.07, 6.45) is 8.36. The Morgan fingerprint density at radius 3 is 2.64 bits per heavy atom. The molecule has 0 aromatic carbocycles. The largest absolute Gasteiger partial charge is 0.347 e. The summed E-state index contributed by atoms with van der Waals surface area (Å²) in [6, 6.07) is 0. The molecule has 0 saturated heterocycles. The van der Waals surface area contributed by atoms with Crippen molar-refractivity contribution in [3.05, 3.63) is 18.2 Å². The van der Waals surface area contributed by atoms with Gasteiger partial charge >= 0.3 is 0 Å². The molecule has 78 valence electrons. The molecule has 3 nitrogen and oxygen atoms in total. The quantitative estimate of drug-likeness (QED) is 0.718. The van der Waals surface area contributed by atoms with Crippen LogP contribution in [0.1, 0.15) is 45.4 Å². The van der Waals surface area contributed by atoms with Crippen molar-refractivity contribution in [3.63, 3.8) is 0 Å². The van der Waals surface area contributed by atoms with Gasteiger partial charge in [0.05, 0.1) is 5.54 Å². The molecule has 3 heteroatoms. The Kier molecular flexibility index (Phi) is 2.14. The number of nitrogens with two attached hydrogens (primary N) is 1. The lowest BCUT2D eigenvalue weighted by Crippen LogP contribution is -2.52. The second-order valence-corrected chi connectivity index (χ2v) is 5.00. The van der Waals surface area contributed by atoms with Crippen LogP contribution in [0.4, 0.5) is 0 Å². The molecule has 1 heterocycles. The number of nitrogens with one attached hydrogen (secondary N) is 1. The molecule has 1 aliphatic carbocycles. The summed E-state index contributed by atoms with van der Waals surface area (Å²) in [5.41, 5.74) is 6.38.